The van der Waals surface area contributed by atoms with Crippen molar-refractivity contribution in [3.8, 4) is 0 Å². The summed E-state index contributed by atoms with van der Waals surface area (Å²) in [5.74, 6) is -1.10. The number of nitrogens with zero attached hydrogens (tertiary/aromatic N) is 1. The van der Waals surface area contributed by atoms with Crippen LogP contribution in [0.3, 0.4) is 0 Å². The van der Waals surface area contributed by atoms with E-state index in [4.69, 9.17) is 4.74 Å². The zero-order valence-electron chi connectivity index (χ0n) is 15.7. The lowest BCUT2D eigenvalue weighted by atomic mass is 9.86. The molecule has 0 amide bonds. The topological polar surface area (TPSA) is 65.6 Å². The van der Waals surface area contributed by atoms with E-state index in [0.717, 1.165) is 35.1 Å². The van der Waals surface area contributed by atoms with Gasteiger partial charge >= 0.3 is 5.97 Å². The van der Waals surface area contributed by atoms with Crippen molar-refractivity contribution in [1.29, 1.82) is 0 Å². The van der Waals surface area contributed by atoms with E-state index in [1.165, 1.54) is 6.07 Å². The molecule has 26 heavy (non-hydrogen) atoms. The molecular weight excluding hydrogens is 335 g/mol. The van der Waals surface area contributed by atoms with Gasteiger partial charge < -0.3 is 19.7 Å². The number of aryl methyl sites for hydroxylation is 1. The zero-order chi connectivity index (χ0) is 18.9. The highest BCUT2D eigenvalue weighted by atomic mass is 19.1. The molecule has 2 heterocycles. The molecule has 1 aromatic heterocycles. The van der Waals surface area contributed by atoms with Gasteiger partial charge in [0.05, 0.1) is 24.2 Å². The van der Waals surface area contributed by atoms with E-state index in [-0.39, 0.29) is 12.2 Å². The van der Waals surface area contributed by atoms with Gasteiger partial charge in [-0.2, -0.15) is 0 Å². The highest BCUT2D eigenvalue weighted by molar-refractivity contribution is 5.88. The number of benzene rings is 1. The summed E-state index contributed by atoms with van der Waals surface area (Å²) in [6.45, 7) is 3.30. The minimum absolute atomic E-state index is 0.0955. The number of fused-ring (bicyclic) bond motifs is 3. The summed E-state index contributed by atoms with van der Waals surface area (Å²) in [5.41, 5.74) is 2.49. The predicted octanol–water partition coefficient (Wildman–Crippen LogP) is 3.45. The van der Waals surface area contributed by atoms with Crippen molar-refractivity contribution >= 4 is 16.9 Å². The molecule has 142 valence electrons. The number of H-pyrrole nitrogens is 1. The summed E-state index contributed by atoms with van der Waals surface area (Å²) < 4.78 is 20.5. The number of aromatic amines is 1. The van der Waals surface area contributed by atoms with E-state index in [1.54, 1.807) is 0 Å². The Hall–Kier alpha value is -1.92. The van der Waals surface area contributed by atoms with Crippen molar-refractivity contribution in [2.45, 2.75) is 44.6 Å². The van der Waals surface area contributed by atoms with E-state index in [9.17, 15) is 14.3 Å². The Morgan fingerprint density at radius 2 is 2.19 bits per heavy atom. The molecule has 0 radical (unpaired) electrons. The second-order valence-corrected chi connectivity index (χ2v) is 7.35. The number of ether oxygens (including phenoxy) is 1. The average molecular weight is 362 g/mol. The molecule has 2 aromatic rings. The standard InChI is InChI=1S/C20H27FN2O3/c1-4-20(12-17(24)25)19-14(9-11-26-20)13-7-8-16(21)15(18(13)22-19)6-5-10-23(2)3/h7-8,22H,4-6,9-12H2,1-3H3,(H,24,25). The van der Waals surface area contributed by atoms with Crippen LogP contribution in [-0.4, -0.2) is 48.2 Å². The number of aliphatic carboxylic acids is 1. The number of hydrogen-bond donors (Lipinski definition) is 2. The van der Waals surface area contributed by atoms with Crippen LogP contribution < -0.4 is 0 Å². The summed E-state index contributed by atoms with van der Waals surface area (Å²) in [4.78, 5) is 16.9. The molecule has 1 aromatic carbocycles. The first-order chi connectivity index (χ1) is 12.4. The number of carbonyl (C=O) groups is 1. The minimum atomic E-state index is -0.893. The number of aromatic nitrogens is 1. The molecular formula is C20H27FN2O3. The Balaban J connectivity index is 2.09. The van der Waals surface area contributed by atoms with Gasteiger partial charge in [-0.3, -0.25) is 4.79 Å². The third kappa shape index (κ3) is 3.35. The molecule has 0 bridgehead atoms. The van der Waals surface area contributed by atoms with Crippen LogP contribution >= 0.6 is 0 Å². The van der Waals surface area contributed by atoms with Gasteiger partial charge in [0, 0.05) is 10.9 Å². The first-order valence-corrected chi connectivity index (χ1v) is 9.21. The largest absolute Gasteiger partial charge is 0.481 e. The molecule has 0 aliphatic carbocycles. The van der Waals surface area contributed by atoms with Gasteiger partial charge in [0.15, 0.2) is 0 Å². The SMILES string of the molecule is CCC1(CC(=O)O)OCCc2c1[nH]c1c(CCCN(C)C)c(F)ccc21. The van der Waals surface area contributed by atoms with Gasteiger partial charge in [0.1, 0.15) is 11.4 Å². The molecule has 0 spiro atoms. The fourth-order valence-corrected chi connectivity index (χ4v) is 4.02. The first kappa shape index (κ1) is 18.9. The van der Waals surface area contributed by atoms with Crippen LogP contribution in [0.5, 0.6) is 0 Å². The number of carboxylic acids is 1. The molecule has 0 saturated carbocycles. The third-order valence-corrected chi connectivity index (χ3v) is 5.36. The Bertz CT molecular complexity index is 815. The van der Waals surface area contributed by atoms with Gasteiger partial charge in [0.25, 0.3) is 0 Å². The second kappa shape index (κ2) is 7.37. The van der Waals surface area contributed by atoms with Gasteiger partial charge in [0.2, 0.25) is 0 Å². The monoisotopic (exact) mass is 362 g/mol. The summed E-state index contributed by atoms with van der Waals surface area (Å²) >= 11 is 0. The van der Waals surface area contributed by atoms with Crippen molar-refractivity contribution in [3.63, 3.8) is 0 Å². The molecule has 5 nitrogen and oxygen atoms in total. The lowest BCUT2D eigenvalue weighted by Gasteiger charge is -2.35. The minimum Gasteiger partial charge on any atom is -0.481 e. The van der Waals surface area contributed by atoms with Crippen LogP contribution in [0.25, 0.3) is 10.9 Å². The molecule has 6 heteroatoms. The van der Waals surface area contributed by atoms with Crippen molar-refractivity contribution in [3.05, 3.63) is 34.8 Å². The number of halogens is 1. The Morgan fingerprint density at radius 3 is 2.85 bits per heavy atom. The van der Waals surface area contributed by atoms with Gasteiger partial charge in [-0.05, 0) is 64.0 Å². The molecule has 1 aliphatic heterocycles. The van der Waals surface area contributed by atoms with Crippen molar-refractivity contribution in [2.24, 2.45) is 0 Å². The van der Waals surface area contributed by atoms with Crippen LogP contribution in [0, 0.1) is 5.82 Å². The second-order valence-electron chi connectivity index (χ2n) is 7.35. The van der Waals surface area contributed by atoms with Crippen LogP contribution in [0.2, 0.25) is 0 Å². The Labute approximate surface area is 153 Å². The smallest absolute Gasteiger partial charge is 0.306 e. The highest BCUT2D eigenvalue weighted by Crippen LogP contribution is 2.42. The van der Waals surface area contributed by atoms with E-state index in [0.29, 0.717) is 31.4 Å². The number of hydrogen-bond acceptors (Lipinski definition) is 3. The van der Waals surface area contributed by atoms with Gasteiger partial charge in [-0.1, -0.05) is 6.92 Å². The van der Waals surface area contributed by atoms with Crippen molar-refractivity contribution in [1.82, 2.24) is 9.88 Å². The maximum atomic E-state index is 14.5. The lowest BCUT2D eigenvalue weighted by molar-refractivity contribution is -0.148. The number of rotatable bonds is 7. The quantitative estimate of drug-likeness (QED) is 0.792. The maximum Gasteiger partial charge on any atom is 0.306 e. The molecule has 0 saturated heterocycles. The number of nitrogens with one attached hydrogen (secondary N) is 1. The fourth-order valence-electron chi connectivity index (χ4n) is 4.02. The van der Waals surface area contributed by atoms with E-state index in [1.807, 2.05) is 27.1 Å². The molecule has 2 N–H and O–H groups in total. The van der Waals surface area contributed by atoms with Crippen LogP contribution in [-0.2, 0) is 28.0 Å². The number of carboxylic acid groups (broad SMARTS) is 1. The molecule has 0 fully saturated rings. The Morgan fingerprint density at radius 1 is 1.42 bits per heavy atom. The molecule has 1 unspecified atom stereocenters. The highest BCUT2D eigenvalue weighted by Gasteiger charge is 2.41. The third-order valence-electron chi connectivity index (χ3n) is 5.36. The molecule has 1 atom stereocenters. The van der Waals surface area contributed by atoms with E-state index in [2.05, 4.69) is 9.88 Å². The molecule has 3 rings (SSSR count). The first-order valence-electron chi connectivity index (χ1n) is 9.21. The van der Waals surface area contributed by atoms with Gasteiger partial charge in [-0.15, -0.1) is 0 Å². The lowest BCUT2D eigenvalue weighted by Crippen LogP contribution is -2.37. The zero-order valence-corrected chi connectivity index (χ0v) is 15.7. The Kier molecular flexibility index (Phi) is 5.34. The van der Waals surface area contributed by atoms with Gasteiger partial charge in [-0.25, -0.2) is 4.39 Å². The fraction of sp³-hybridized carbons (Fsp3) is 0.550. The van der Waals surface area contributed by atoms with Crippen LogP contribution in [0.15, 0.2) is 12.1 Å². The van der Waals surface area contributed by atoms with Crippen LogP contribution in [0.1, 0.15) is 43.0 Å². The summed E-state index contributed by atoms with van der Waals surface area (Å²) in [5, 5.41) is 10.4. The normalized spacial score (nSPS) is 19.9. The van der Waals surface area contributed by atoms with Crippen molar-refractivity contribution in [2.75, 3.05) is 27.2 Å². The maximum absolute atomic E-state index is 14.5. The van der Waals surface area contributed by atoms with Crippen molar-refractivity contribution < 1.29 is 19.0 Å². The average Bonchev–Trinajstić information content (AvgIpc) is 2.96. The molecule has 1 aliphatic rings. The predicted molar refractivity (Wildman–Crippen MR) is 99.0 cm³/mol. The van der Waals surface area contributed by atoms with E-state index >= 15 is 0 Å². The summed E-state index contributed by atoms with van der Waals surface area (Å²) in [7, 11) is 4.01. The van der Waals surface area contributed by atoms with E-state index < -0.39 is 11.6 Å². The van der Waals surface area contributed by atoms with Crippen LogP contribution in [0.4, 0.5) is 4.39 Å². The summed E-state index contributed by atoms with van der Waals surface area (Å²) in [6, 6.07) is 3.34. The summed E-state index contributed by atoms with van der Waals surface area (Å²) in [6.07, 6.45) is 2.66.